The summed E-state index contributed by atoms with van der Waals surface area (Å²) in [4.78, 5) is 18.8. The Balaban J connectivity index is 2.43. The lowest BCUT2D eigenvalue weighted by Gasteiger charge is -2.10. The first-order valence-corrected chi connectivity index (χ1v) is 7.48. The lowest BCUT2D eigenvalue weighted by molar-refractivity contribution is 0.0596. The van der Waals surface area contributed by atoms with E-state index in [-0.39, 0.29) is 21.4 Å². The average molecular weight is 328 g/mol. The predicted octanol–water partition coefficient (Wildman–Crippen LogP) is 1.72. The molecular formula is C12H10ClN3O4S. The lowest BCUT2D eigenvalue weighted by atomic mass is 10.2. The molecule has 0 aliphatic rings. The van der Waals surface area contributed by atoms with Crippen LogP contribution in [-0.2, 0) is 14.8 Å². The van der Waals surface area contributed by atoms with E-state index in [1.807, 2.05) is 0 Å². The van der Waals surface area contributed by atoms with Crippen LogP contribution in [0, 0.1) is 0 Å². The Morgan fingerprint density at radius 1 is 1.29 bits per heavy atom. The fourth-order valence-corrected chi connectivity index (χ4v) is 2.90. The van der Waals surface area contributed by atoms with Crippen molar-refractivity contribution in [3.63, 3.8) is 0 Å². The Hall–Kier alpha value is -2.19. The number of aromatic nitrogens is 2. The van der Waals surface area contributed by atoms with E-state index in [2.05, 4.69) is 19.4 Å². The van der Waals surface area contributed by atoms with E-state index in [0.29, 0.717) is 0 Å². The number of benzene rings is 1. The van der Waals surface area contributed by atoms with Crippen molar-refractivity contribution >= 4 is 33.4 Å². The van der Waals surface area contributed by atoms with Crippen molar-refractivity contribution in [3.05, 3.63) is 47.4 Å². The van der Waals surface area contributed by atoms with E-state index >= 15 is 0 Å². The van der Waals surface area contributed by atoms with Gasteiger partial charge >= 0.3 is 5.97 Å². The molecule has 1 aromatic heterocycles. The number of hydrogen-bond donors (Lipinski definition) is 1. The van der Waals surface area contributed by atoms with Crippen LogP contribution in [0.25, 0.3) is 0 Å². The number of nitrogens with one attached hydrogen (secondary N) is 1. The molecule has 0 saturated carbocycles. The normalized spacial score (nSPS) is 11.0. The van der Waals surface area contributed by atoms with Crippen LogP contribution in [0.5, 0.6) is 0 Å². The number of ether oxygens (including phenoxy) is 1. The standard InChI is InChI=1S/C12H10ClN3O4S/c1-20-12(17)8-4-2-3-5-9(8)21(18,19)16-11-6-10(13)14-7-15-11/h2-7H,1H3,(H,14,15,16). The summed E-state index contributed by atoms with van der Waals surface area (Å²) in [7, 11) is -2.85. The van der Waals surface area contributed by atoms with Crippen LogP contribution in [0.4, 0.5) is 5.82 Å². The molecule has 21 heavy (non-hydrogen) atoms. The quantitative estimate of drug-likeness (QED) is 0.678. The zero-order valence-corrected chi connectivity index (χ0v) is 12.4. The molecule has 0 spiro atoms. The number of methoxy groups -OCH3 is 1. The third-order valence-corrected chi connectivity index (χ3v) is 4.07. The van der Waals surface area contributed by atoms with Crippen molar-refractivity contribution in [1.82, 2.24) is 9.97 Å². The highest BCUT2D eigenvalue weighted by molar-refractivity contribution is 7.92. The second-order valence-corrected chi connectivity index (χ2v) is 5.86. The molecule has 0 bridgehead atoms. The Bertz CT molecular complexity index is 780. The van der Waals surface area contributed by atoms with Gasteiger partial charge in [0.15, 0.2) is 0 Å². The van der Waals surface area contributed by atoms with Crippen molar-refractivity contribution < 1.29 is 17.9 Å². The van der Waals surface area contributed by atoms with Crippen LogP contribution >= 0.6 is 11.6 Å². The number of carbonyl (C=O) groups is 1. The fraction of sp³-hybridized carbons (Fsp3) is 0.0833. The summed E-state index contributed by atoms with van der Waals surface area (Å²) >= 11 is 5.66. The highest BCUT2D eigenvalue weighted by Crippen LogP contribution is 2.20. The molecule has 0 aliphatic heterocycles. The van der Waals surface area contributed by atoms with Gasteiger partial charge in [-0.25, -0.2) is 23.2 Å². The number of esters is 1. The highest BCUT2D eigenvalue weighted by Gasteiger charge is 2.23. The molecule has 2 rings (SSSR count). The largest absolute Gasteiger partial charge is 0.465 e. The van der Waals surface area contributed by atoms with Gasteiger partial charge in [0, 0.05) is 6.07 Å². The number of halogens is 1. The van der Waals surface area contributed by atoms with Gasteiger partial charge in [0.05, 0.1) is 12.7 Å². The van der Waals surface area contributed by atoms with Crippen LogP contribution in [-0.4, -0.2) is 31.5 Å². The van der Waals surface area contributed by atoms with Crippen molar-refractivity contribution in [1.29, 1.82) is 0 Å². The molecule has 9 heteroatoms. The summed E-state index contributed by atoms with van der Waals surface area (Å²) < 4.78 is 31.5. The molecule has 0 amide bonds. The highest BCUT2D eigenvalue weighted by atomic mass is 35.5. The first-order valence-electron chi connectivity index (χ1n) is 5.62. The third kappa shape index (κ3) is 3.47. The SMILES string of the molecule is COC(=O)c1ccccc1S(=O)(=O)Nc1cc(Cl)ncn1. The van der Waals surface area contributed by atoms with E-state index in [0.717, 1.165) is 6.33 Å². The maximum Gasteiger partial charge on any atom is 0.339 e. The molecule has 1 N–H and O–H groups in total. The van der Waals surface area contributed by atoms with Gasteiger partial charge in [-0.15, -0.1) is 0 Å². The molecule has 1 aromatic carbocycles. The topological polar surface area (TPSA) is 98.2 Å². The maximum atomic E-state index is 12.3. The molecule has 0 atom stereocenters. The number of nitrogens with zero attached hydrogens (tertiary/aromatic N) is 2. The predicted molar refractivity (Wildman–Crippen MR) is 75.6 cm³/mol. The maximum absolute atomic E-state index is 12.3. The average Bonchev–Trinajstić information content (AvgIpc) is 2.46. The summed E-state index contributed by atoms with van der Waals surface area (Å²) in [5, 5.41) is 0.0870. The van der Waals surface area contributed by atoms with Gasteiger partial charge in [0.25, 0.3) is 10.0 Å². The molecule has 110 valence electrons. The van der Waals surface area contributed by atoms with Crippen LogP contribution < -0.4 is 4.72 Å². The number of carbonyl (C=O) groups excluding carboxylic acids is 1. The van der Waals surface area contributed by atoms with Crippen molar-refractivity contribution in [2.45, 2.75) is 4.90 Å². The van der Waals surface area contributed by atoms with Crippen molar-refractivity contribution in [3.8, 4) is 0 Å². The molecule has 1 heterocycles. The first-order chi connectivity index (χ1) is 9.94. The van der Waals surface area contributed by atoms with Crippen LogP contribution in [0.3, 0.4) is 0 Å². The van der Waals surface area contributed by atoms with Gasteiger partial charge in [0.1, 0.15) is 22.2 Å². The Labute approximate surface area is 126 Å². The monoisotopic (exact) mass is 327 g/mol. The smallest absolute Gasteiger partial charge is 0.339 e. The van der Waals surface area contributed by atoms with Gasteiger partial charge in [-0.1, -0.05) is 23.7 Å². The first kappa shape index (κ1) is 15.2. The zero-order valence-electron chi connectivity index (χ0n) is 10.8. The number of rotatable bonds is 4. The Kier molecular flexibility index (Phi) is 4.39. The number of hydrogen-bond acceptors (Lipinski definition) is 6. The van der Waals surface area contributed by atoms with E-state index in [1.54, 1.807) is 0 Å². The molecule has 0 aliphatic carbocycles. The number of anilines is 1. The van der Waals surface area contributed by atoms with E-state index in [4.69, 9.17) is 11.6 Å². The van der Waals surface area contributed by atoms with Crippen molar-refractivity contribution in [2.75, 3.05) is 11.8 Å². The molecule has 2 aromatic rings. The molecule has 0 fully saturated rings. The molecule has 0 saturated heterocycles. The molecule has 0 unspecified atom stereocenters. The minimum atomic E-state index is -4.02. The van der Waals surface area contributed by atoms with Crippen LogP contribution in [0.2, 0.25) is 5.15 Å². The fourth-order valence-electron chi connectivity index (χ4n) is 1.56. The second kappa shape index (κ2) is 6.06. The third-order valence-electron chi connectivity index (χ3n) is 2.45. The summed E-state index contributed by atoms with van der Waals surface area (Å²) in [6.45, 7) is 0. The van der Waals surface area contributed by atoms with Gasteiger partial charge in [0.2, 0.25) is 0 Å². The summed E-state index contributed by atoms with van der Waals surface area (Å²) in [6, 6.07) is 6.92. The Morgan fingerprint density at radius 3 is 2.67 bits per heavy atom. The van der Waals surface area contributed by atoms with Gasteiger partial charge < -0.3 is 4.74 Å². The Morgan fingerprint density at radius 2 is 2.00 bits per heavy atom. The van der Waals surface area contributed by atoms with E-state index < -0.39 is 16.0 Å². The van der Waals surface area contributed by atoms with Crippen LogP contribution in [0.15, 0.2) is 41.6 Å². The molecule has 0 radical (unpaired) electrons. The minimum Gasteiger partial charge on any atom is -0.465 e. The minimum absolute atomic E-state index is 0.00494. The van der Waals surface area contributed by atoms with Gasteiger partial charge in [-0.3, -0.25) is 4.72 Å². The molecular weight excluding hydrogens is 318 g/mol. The lowest BCUT2D eigenvalue weighted by Crippen LogP contribution is -2.18. The number of sulfonamides is 1. The van der Waals surface area contributed by atoms with E-state index in [1.165, 1.54) is 37.4 Å². The molecule has 7 nitrogen and oxygen atoms in total. The van der Waals surface area contributed by atoms with Gasteiger partial charge in [-0.05, 0) is 12.1 Å². The summed E-state index contributed by atoms with van der Waals surface area (Å²) in [5.74, 6) is -0.758. The van der Waals surface area contributed by atoms with Gasteiger partial charge in [-0.2, -0.15) is 0 Å². The zero-order chi connectivity index (χ0) is 15.5. The second-order valence-electron chi connectivity index (χ2n) is 3.82. The van der Waals surface area contributed by atoms with Crippen molar-refractivity contribution in [2.24, 2.45) is 0 Å². The van der Waals surface area contributed by atoms with Crippen LogP contribution in [0.1, 0.15) is 10.4 Å². The van der Waals surface area contributed by atoms with E-state index in [9.17, 15) is 13.2 Å². The summed E-state index contributed by atoms with van der Waals surface area (Å²) in [6.07, 6.45) is 1.12. The summed E-state index contributed by atoms with van der Waals surface area (Å²) in [5.41, 5.74) is -0.0762.